The summed E-state index contributed by atoms with van der Waals surface area (Å²) in [7, 11) is 2.03. The number of nitrogens with zero attached hydrogens (tertiary/aromatic N) is 2. The first kappa shape index (κ1) is 16.6. The van der Waals surface area contributed by atoms with Gasteiger partial charge in [0.2, 0.25) is 0 Å². The van der Waals surface area contributed by atoms with E-state index in [4.69, 9.17) is 5.26 Å². The highest BCUT2D eigenvalue weighted by molar-refractivity contribution is 5.95. The lowest BCUT2D eigenvalue weighted by molar-refractivity contribution is -0.164. The Hall–Kier alpha value is -2.41. The van der Waals surface area contributed by atoms with Gasteiger partial charge in [0.25, 0.3) is 0 Å². The van der Waals surface area contributed by atoms with E-state index in [1.165, 1.54) is 6.92 Å². The summed E-state index contributed by atoms with van der Waals surface area (Å²) in [6.45, 7) is 2.45. The molecule has 0 unspecified atom stereocenters. The van der Waals surface area contributed by atoms with Crippen LogP contribution in [0.25, 0.3) is 0 Å². The molecule has 0 heterocycles. The van der Waals surface area contributed by atoms with Gasteiger partial charge in [-0.2, -0.15) is 10.5 Å². The van der Waals surface area contributed by atoms with Crippen molar-refractivity contribution in [3.63, 3.8) is 0 Å². The third-order valence-electron chi connectivity index (χ3n) is 3.02. The van der Waals surface area contributed by atoms with E-state index in [9.17, 15) is 19.6 Å². The van der Waals surface area contributed by atoms with Crippen LogP contribution in [0.2, 0.25) is 0 Å². The van der Waals surface area contributed by atoms with Crippen LogP contribution in [0.5, 0.6) is 0 Å². The third kappa shape index (κ3) is 2.71. The second kappa shape index (κ2) is 6.50. The molecule has 0 aromatic heterocycles. The van der Waals surface area contributed by atoms with Gasteiger partial charge in [0, 0.05) is 5.92 Å². The Kier molecular flexibility index (Phi) is 5.68. The van der Waals surface area contributed by atoms with Crippen LogP contribution in [0.3, 0.4) is 0 Å². The van der Waals surface area contributed by atoms with Crippen molar-refractivity contribution in [1.29, 1.82) is 10.5 Å². The van der Waals surface area contributed by atoms with Crippen LogP contribution in [0.15, 0.2) is 0 Å². The molecule has 0 bridgehead atoms. The van der Waals surface area contributed by atoms with Gasteiger partial charge >= 0.3 is 11.9 Å². The highest BCUT2D eigenvalue weighted by Gasteiger charge is 2.57. The van der Waals surface area contributed by atoms with E-state index in [0.717, 1.165) is 21.1 Å². The molecule has 0 spiro atoms. The molecule has 0 rings (SSSR count). The molecule has 0 saturated heterocycles. The van der Waals surface area contributed by atoms with Crippen molar-refractivity contribution >= 4 is 17.7 Å². The normalized spacial score (nSPS) is 15.9. The molecule has 0 N–H and O–H groups in total. The van der Waals surface area contributed by atoms with E-state index in [0.29, 0.717) is 0 Å². The van der Waals surface area contributed by atoms with E-state index in [2.05, 4.69) is 9.47 Å². The predicted molar refractivity (Wildman–Crippen MR) is 61.0 cm³/mol. The summed E-state index contributed by atoms with van der Waals surface area (Å²) >= 11 is 0. The maximum absolute atomic E-state index is 11.9. The van der Waals surface area contributed by atoms with Crippen LogP contribution in [0.1, 0.15) is 13.8 Å². The predicted octanol–water partition coefficient (Wildman–Crippen LogP) is 0.207. The summed E-state index contributed by atoms with van der Waals surface area (Å²) in [6, 6.07) is 3.14. The minimum absolute atomic E-state index is 0.517. The van der Waals surface area contributed by atoms with E-state index in [1.54, 1.807) is 12.1 Å². The molecule has 0 aliphatic carbocycles. The molecule has 102 valence electrons. The Morgan fingerprint density at radius 1 is 1.16 bits per heavy atom. The van der Waals surface area contributed by atoms with Crippen LogP contribution >= 0.6 is 0 Å². The molecule has 7 heteroatoms. The number of ether oxygens (including phenoxy) is 2. The van der Waals surface area contributed by atoms with Gasteiger partial charge in [-0.3, -0.25) is 14.4 Å². The van der Waals surface area contributed by atoms with Gasteiger partial charge in [-0.1, -0.05) is 6.92 Å². The van der Waals surface area contributed by atoms with Gasteiger partial charge in [0.15, 0.2) is 11.3 Å². The molecule has 19 heavy (non-hydrogen) atoms. The van der Waals surface area contributed by atoms with E-state index in [-0.39, 0.29) is 0 Å². The van der Waals surface area contributed by atoms with Gasteiger partial charge in [-0.15, -0.1) is 0 Å². The second-order valence-electron chi connectivity index (χ2n) is 3.89. The lowest BCUT2D eigenvalue weighted by Gasteiger charge is -2.30. The number of carbonyl (C=O) groups excluding carboxylic acids is 3. The summed E-state index contributed by atoms with van der Waals surface area (Å²) in [4.78, 5) is 34.9. The number of hydrogen-bond acceptors (Lipinski definition) is 7. The van der Waals surface area contributed by atoms with E-state index in [1.807, 2.05) is 0 Å². The van der Waals surface area contributed by atoms with E-state index < -0.39 is 35.0 Å². The highest BCUT2D eigenvalue weighted by atomic mass is 16.5. The number of nitriles is 2. The standard InChI is InChI=1S/C12H14N2O5/c1-7(8(2)15)12(6-14,11(17)19-4)9(5-13)10(16)18-3/h7,9H,1-4H3/t7-,9+,12+/m1/s1. The zero-order valence-corrected chi connectivity index (χ0v) is 11.1. The molecule has 0 radical (unpaired) electrons. The molecule has 0 fully saturated rings. The zero-order valence-electron chi connectivity index (χ0n) is 11.1. The number of hydrogen-bond donors (Lipinski definition) is 0. The van der Waals surface area contributed by atoms with Gasteiger partial charge in [-0.05, 0) is 6.92 Å². The van der Waals surface area contributed by atoms with Crippen molar-refractivity contribution in [2.75, 3.05) is 14.2 Å². The lowest BCUT2D eigenvalue weighted by Crippen LogP contribution is -2.49. The molecule has 3 atom stereocenters. The van der Waals surface area contributed by atoms with Crippen LogP contribution in [-0.4, -0.2) is 31.9 Å². The average Bonchev–Trinajstić information content (AvgIpc) is 2.42. The molecule has 0 aromatic carbocycles. The van der Waals surface area contributed by atoms with Gasteiger partial charge in [0.05, 0.1) is 26.4 Å². The molecule has 7 nitrogen and oxygen atoms in total. The SMILES string of the molecule is COC(=O)[C@H](C#N)[C@@](C#N)(C(=O)OC)[C@H](C)C(C)=O. The first-order valence-corrected chi connectivity index (χ1v) is 5.31. The second-order valence-corrected chi connectivity index (χ2v) is 3.89. The third-order valence-corrected chi connectivity index (χ3v) is 3.02. The Morgan fingerprint density at radius 2 is 1.68 bits per heavy atom. The minimum Gasteiger partial charge on any atom is -0.468 e. The smallest absolute Gasteiger partial charge is 0.328 e. The number of Topliss-reactive ketones (excluding diaryl/α,β-unsaturated/α-hetero) is 1. The number of carbonyl (C=O) groups is 3. The largest absolute Gasteiger partial charge is 0.468 e. The fourth-order valence-electron chi connectivity index (χ4n) is 1.70. The van der Waals surface area contributed by atoms with Crippen LogP contribution in [0, 0.1) is 39.9 Å². The van der Waals surface area contributed by atoms with Crippen molar-refractivity contribution in [3.05, 3.63) is 0 Å². The molecular formula is C12H14N2O5. The topological polar surface area (TPSA) is 117 Å². The van der Waals surface area contributed by atoms with Crippen molar-refractivity contribution in [1.82, 2.24) is 0 Å². The monoisotopic (exact) mass is 266 g/mol. The quantitative estimate of drug-likeness (QED) is 0.652. The van der Waals surface area contributed by atoms with Gasteiger partial charge < -0.3 is 9.47 Å². The fourth-order valence-corrected chi connectivity index (χ4v) is 1.70. The van der Waals surface area contributed by atoms with Crippen molar-refractivity contribution < 1.29 is 23.9 Å². The molecule has 0 aromatic rings. The average molecular weight is 266 g/mol. The van der Waals surface area contributed by atoms with Crippen molar-refractivity contribution in [3.8, 4) is 12.1 Å². The van der Waals surface area contributed by atoms with Crippen LogP contribution in [0.4, 0.5) is 0 Å². The molecule has 0 aliphatic heterocycles. The number of esters is 2. The Balaban J connectivity index is 6.10. The minimum atomic E-state index is -2.22. The van der Waals surface area contributed by atoms with Crippen molar-refractivity contribution in [2.24, 2.45) is 17.3 Å². The molecule has 0 saturated carbocycles. The molecular weight excluding hydrogens is 252 g/mol. The van der Waals surface area contributed by atoms with Crippen LogP contribution < -0.4 is 0 Å². The van der Waals surface area contributed by atoms with Gasteiger partial charge in [0.1, 0.15) is 5.78 Å². The molecule has 0 amide bonds. The van der Waals surface area contributed by atoms with Crippen LogP contribution in [-0.2, 0) is 23.9 Å². The first-order chi connectivity index (χ1) is 8.83. The highest BCUT2D eigenvalue weighted by Crippen LogP contribution is 2.38. The van der Waals surface area contributed by atoms with E-state index >= 15 is 0 Å². The Bertz CT molecular complexity index is 473. The summed E-state index contributed by atoms with van der Waals surface area (Å²) in [6.07, 6.45) is 0. The number of ketones is 1. The fraction of sp³-hybridized carbons (Fsp3) is 0.583. The zero-order chi connectivity index (χ0) is 15.2. The summed E-state index contributed by atoms with van der Waals surface area (Å²) in [5.41, 5.74) is -2.22. The number of methoxy groups -OCH3 is 2. The first-order valence-electron chi connectivity index (χ1n) is 5.31. The summed E-state index contributed by atoms with van der Waals surface area (Å²) < 4.78 is 8.89. The maximum atomic E-state index is 11.9. The summed E-state index contributed by atoms with van der Waals surface area (Å²) in [5, 5.41) is 18.3. The van der Waals surface area contributed by atoms with Crippen molar-refractivity contribution in [2.45, 2.75) is 13.8 Å². The molecule has 0 aliphatic rings. The maximum Gasteiger partial charge on any atom is 0.328 e. The lowest BCUT2D eigenvalue weighted by atomic mass is 9.67. The Morgan fingerprint density at radius 3 is 1.95 bits per heavy atom. The van der Waals surface area contributed by atoms with Gasteiger partial charge in [-0.25, -0.2) is 0 Å². The Labute approximate surface area is 110 Å². The summed E-state index contributed by atoms with van der Waals surface area (Å²) in [5.74, 6) is -5.63. The number of rotatable bonds is 5.